The zero-order valence-electron chi connectivity index (χ0n) is 11.0. The molecule has 3 unspecified atom stereocenters. The van der Waals surface area contributed by atoms with Gasteiger partial charge in [0.2, 0.25) is 10.0 Å². The van der Waals surface area contributed by atoms with Crippen LogP contribution in [0.1, 0.15) is 31.9 Å². The van der Waals surface area contributed by atoms with Crippen molar-refractivity contribution >= 4 is 10.0 Å². The number of hydrogen-bond donors (Lipinski definition) is 2. The second kappa shape index (κ2) is 5.58. The average Bonchev–Trinajstić information content (AvgIpc) is 2.74. The summed E-state index contributed by atoms with van der Waals surface area (Å²) in [6, 6.07) is 6.07. The molecular weight excluding hydrogens is 266 g/mol. The molecule has 1 aliphatic rings. The fourth-order valence-electron chi connectivity index (χ4n) is 2.08. The van der Waals surface area contributed by atoms with Crippen molar-refractivity contribution in [3.8, 4) is 0 Å². The first-order chi connectivity index (χ1) is 8.90. The normalized spacial score (nSPS) is 25.4. The molecule has 1 fully saturated rings. The molecule has 0 amide bonds. The van der Waals surface area contributed by atoms with Gasteiger partial charge in [0.25, 0.3) is 0 Å². The van der Waals surface area contributed by atoms with Crippen LogP contribution in [0.15, 0.2) is 29.2 Å². The molecule has 1 heterocycles. The maximum atomic E-state index is 12.2. The summed E-state index contributed by atoms with van der Waals surface area (Å²) in [4.78, 5) is 0.205. The first-order valence-electron chi connectivity index (χ1n) is 6.32. The van der Waals surface area contributed by atoms with Crippen molar-refractivity contribution in [2.75, 3.05) is 6.61 Å². The molecule has 1 saturated heterocycles. The molecule has 0 bridgehead atoms. The number of hydrogen-bond acceptors (Lipinski definition) is 4. The van der Waals surface area contributed by atoms with Crippen molar-refractivity contribution in [3.05, 3.63) is 29.8 Å². The molecule has 6 heteroatoms. The molecule has 1 aliphatic heterocycles. The highest BCUT2D eigenvalue weighted by atomic mass is 32.2. The Balaban J connectivity index is 2.15. The van der Waals surface area contributed by atoms with Gasteiger partial charge in [-0.05, 0) is 38.0 Å². The fourth-order valence-corrected chi connectivity index (χ4v) is 3.42. The van der Waals surface area contributed by atoms with E-state index in [9.17, 15) is 13.5 Å². The Morgan fingerprint density at radius 1 is 1.37 bits per heavy atom. The smallest absolute Gasteiger partial charge is 0.240 e. The number of aliphatic hydroxyl groups is 1. The Bertz CT molecular complexity index is 524. The van der Waals surface area contributed by atoms with Gasteiger partial charge in [0.1, 0.15) is 0 Å². The molecule has 2 N–H and O–H groups in total. The van der Waals surface area contributed by atoms with Crippen LogP contribution in [0, 0.1) is 0 Å². The topological polar surface area (TPSA) is 75.6 Å². The Labute approximate surface area is 113 Å². The van der Waals surface area contributed by atoms with Crippen LogP contribution in [0.4, 0.5) is 0 Å². The minimum Gasteiger partial charge on any atom is -0.389 e. The van der Waals surface area contributed by atoms with E-state index >= 15 is 0 Å². The summed E-state index contributed by atoms with van der Waals surface area (Å²) in [6.45, 7) is 4.07. The number of nitrogens with one attached hydrogen (secondary N) is 1. The lowest BCUT2D eigenvalue weighted by Crippen LogP contribution is -2.39. The highest BCUT2D eigenvalue weighted by Gasteiger charge is 2.29. The molecule has 0 aliphatic carbocycles. The lowest BCUT2D eigenvalue weighted by atomic mass is 10.1. The van der Waals surface area contributed by atoms with Gasteiger partial charge in [0.15, 0.2) is 0 Å². The van der Waals surface area contributed by atoms with Gasteiger partial charge in [-0.25, -0.2) is 13.1 Å². The molecule has 0 aromatic heterocycles. The van der Waals surface area contributed by atoms with E-state index in [4.69, 9.17) is 4.74 Å². The van der Waals surface area contributed by atoms with Crippen LogP contribution >= 0.6 is 0 Å². The lowest BCUT2D eigenvalue weighted by Gasteiger charge is -2.16. The third-order valence-electron chi connectivity index (χ3n) is 3.36. The van der Waals surface area contributed by atoms with E-state index in [0.717, 1.165) is 0 Å². The number of rotatable bonds is 4. The van der Waals surface area contributed by atoms with Crippen molar-refractivity contribution in [1.29, 1.82) is 0 Å². The van der Waals surface area contributed by atoms with Crippen molar-refractivity contribution < 1.29 is 18.3 Å². The number of sulfonamides is 1. The Hall–Kier alpha value is -0.950. The van der Waals surface area contributed by atoms with Crippen LogP contribution < -0.4 is 4.72 Å². The van der Waals surface area contributed by atoms with Crippen molar-refractivity contribution in [2.24, 2.45) is 0 Å². The van der Waals surface area contributed by atoms with E-state index in [-0.39, 0.29) is 17.0 Å². The summed E-state index contributed by atoms with van der Waals surface area (Å²) in [7, 11) is -3.53. The average molecular weight is 285 g/mol. The van der Waals surface area contributed by atoms with Crippen LogP contribution in [0.25, 0.3) is 0 Å². The van der Waals surface area contributed by atoms with Gasteiger partial charge < -0.3 is 9.84 Å². The number of ether oxygens (including phenoxy) is 1. The SMILES string of the molecule is CC(O)c1ccc(S(=O)(=O)NC2CCOC2C)cc1. The highest BCUT2D eigenvalue weighted by Crippen LogP contribution is 2.19. The summed E-state index contributed by atoms with van der Waals surface area (Å²) in [5.74, 6) is 0. The summed E-state index contributed by atoms with van der Waals surface area (Å²) < 4.78 is 32.4. The lowest BCUT2D eigenvalue weighted by molar-refractivity contribution is 0.117. The predicted octanol–water partition coefficient (Wildman–Crippen LogP) is 1.20. The Morgan fingerprint density at radius 3 is 2.47 bits per heavy atom. The van der Waals surface area contributed by atoms with Crippen LogP contribution in [0.5, 0.6) is 0 Å². The van der Waals surface area contributed by atoms with Crippen LogP contribution in [-0.4, -0.2) is 32.3 Å². The predicted molar refractivity (Wildman–Crippen MR) is 71.2 cm³/mol. The largest absolute Gasteiger partial charge is 0.389 e. The third-order valence-corrected chi connectivity index (χ3v) is 4.86. The maximum Gasteiger partial charge on any atom is 0.240 e. The molecule has 1 aromatic carbocycles. The van der Waals surface area contributed by atoms with E-state index in [0.29, 0.717) is 18.6 Å². The monoisotopic (exact) mass is 285 g/mol. The first kappa shape index (κ1) is 14.5. The van der Waals surface area contributed by atoms with Gasteiger partial charge >= 0.3 is 0 Å². The van der Waals surface area contributed by atoms with Gasteiger partial charge in [0, 0.05) is 6.61 Å². The molecule has 1 aromatic rings. The van der Waals surface area contributed by atoms with Crippen LogP contribution in [-0.2, 0) is 14.8 Å². The minimum atomic E-state index is -3.53. The summed E-state index contributed by atoms with van der Waals surface area (Å²) in [6.07, 6.45) is -0.0222. The van der Waals surface area contributed by atoms with Gasteiger partial charge in [-0.2, -0.15) is 0 Å². The first-order valence-corrected chi connectivity index (χ1v) is 7.80. The molecule has 3 atom stereocenters. The molecule has 0 saturated carbocycles. The second-order valence-corrected chi connectivity index (χ2v) is 6.55. The van der Waals surface area contributed by atoms with Crippen molar-refractivity contribution in [2.45, 2.75) is 43.4 Å². The summed E-state index contributed by atoms with van der Waals surface area (Å²) in [5.41, 5.74) is 0.691. The summed E-state index contributed by atoms with van der Waals surface area (Å²) in [5, 5.41) is 9.40. The fraction of sp³-hybridized carbons (Fsp3) is 0.538. The molecular formula is C13H19NO4S. The quantitative estimate of drug-likeness (QED) is 0.871. The van der Waals surface area contributed by atoms with E-state index in [1.165, 1.54) is 12.1 Å². The van der Waals surface area contributed by atoms with Gasteiger partial charge in [-0.15, -0.1) is 0 Å². The Morgan fingerprint density at radius 2 is 2.00 bits per heavy atom. The van der Waals surface area contributed by atoms with Gasteiger partial charge in [-0.1, -0.05) is 12.1 Å². The molecule has 5 nitrogen and oxygen atoms in total. The summed E-state index contributed by atoms with van der Waals surface area (Å²) >= 11 is 0. The molecule has 0 radical (unpaired) electrons. The zero-order chi connectivity index (χ0) is 14.0. The maximum absolute atomic E-state index is 12.2. The second-order valence-electron chi connectivity index (χ2n) is 4.84. The van der Waals surface area contributed by atoms with Gasteiger partial charge in [-0.3, -0.25) is 0 Å². The molecule has 106 valence electrons. The Kier molecular flexibility index (Phi) is 4.25. The zero-order valence-corrected chi connectivity index (χ0v) is 11.9. The van der Waals surface area contributed by atoms with E-state index in [2.05, 4.69) is 4.72 Å². The standard InChI is InChI=1S/C13H19NO4S/c1-9(15)11-3-5-12(6-4-11)19(16,17)14-13-7-8-18-10(13)2/h3-6,9-10,13-15H,7-8H2,1-2H3. The molecule has 0 spiro atoms. The van der Waals surface area contributed by atoms with E-state index < -0.39 is 16.1 Å². The highest BCUT2D eigenvalue weighted by molar-refractivity contribution is 7.89. The number of aliphatic hydroxyl groups excluding tert-OH is 1. The van der Waals surface area contributed by atoms with Crippen LogP contribution in [0.3, 0.4) is 0 Å². The van der Waals surface area contributed by atoms with E-state index in [1.54, 1.807) is 19.1 Å². The number of benzene rings is 1. The van der Waals surface area contributed by atoms with Crippen molar-refractivity contribution in [1.82, 2.24) is 4.72 Å². The van der Waals surface area contributed by atoms with Crippen LogP contribution in [0.2, 0.25) is 0 Å². The molecule has 2 rings (SSSR count). The van der Waals surface area contributed by atoms with Crippen molar-refractivity contribution in [3.63, 3.8) is 0 Å². The van der Waals surface area contributed by atoms with Gasteiger partial charge in [0.05, 0.1) is 23.1 Å². The minimum absolute atomic E-state index is 0.105. The molecule has 19 heavy (non-hydrogen) atoms. The van der Waals surface area contributed by atoms with E-state index in [1.807, 2.05) is 6.92 Å². The third kappa shape index (κ3) is 3.33.